The maximum absolute atomic E-state index is 10.9. The summed E-state index contributed by atoms with van der Waals surface area (Å²) in [5, 5.41) is 14.4. The number of benzene rings is 1. The van der Waals surface area contributed by atoms with Gasteiger partial charge in [0, 0.05) is 30.3 Å². The topological polar surface area (TPSA) is 64.4 Å². The molecule has 1 aliphatic carbocycles. The minimum atomic E-state index is -0.365. The zero-order chi connectivity index (χ0) is 15.2. The van der Waals surface area contributed by atoms with E-state index < -0.39 is 0 Å². The van der Waals surface area contributed by atoms with Crippen molar-refractivity contribution >= 4 is 5.69 Å². The summed E-state index contributed by atoms with van der Waals surface area (Å²) in [6.45, 7) is 2.93. The third-order valence-electron chi connectivity index (χ3n) is 4.31. The molecule has 1 N–H and O–H groups in total. The van der Waals surface area contributed by atoms with E-state index in [4.69, 9.17) is 4.74 Å². The Kier molecular flexibility index (Phi) is 5.56. The first kappa shape index (κ1) is 15.8. The largest absolute Gasteiger partial charge is 0.496 e. The van der Waals surface area contributed by atoms with Crippen LogP contribution in [0.5, 0.6) is 5.75 Å². The SMILES string of the molecule is COc1ccc([N+](=O)[O-])cc1CNC1CCCC(C)CC1. The van der Waals surface area contributed by atoms with Gasteiger partial charge in [-0.1, -0.05) is 19.8 Å². The summed E-state index contributed by atoms with van der Waals surface area (Å²) in [5.41, 5.74) is 0.964. The normalized spacial score (nSPS) is 22.6. The molecule has 0 saturated heterocycles. The predicted molar refractivity (Wildman–Crippen MR) is 82.5 cm³/mol. The summed E-state index contributed by atoms with van der Waals surface area (Å²) in [4.78, 5) is 10.5. The molecule has 1 aromatic rings. The number of methoxy groups -OCH3 is 1. The van der Waals surface area contributed by atoms with Crippen LogP contribution in [-0.2, 0) is 6.54 Å². The highest BCUT2D eigenvalue weighted by Gasteiger charge is 2.17. The molecule has 2 unspecified atom stereocenters. The monoisotopic (exact) mass is 292 g/mol. The Morgan fingerprint density at radius 2 is 2.14 bits per heavy atom. The van der Waals surface area contributed by atoms with Crippen molar-refractivity contribution in [3.8, 4) is 5.75 Å². The Balaban J connectivity index is 2.01. The number of non-ortho nitro benzene ring substituents is 1. The molecule has 0 heterocycles. The first-order chi connectivity index (χ1) is 10.1. The molecule has 0 aromatic heterocycles. The van der Waals surface area contributed by atoms with Gasteiger partial charge in [-0.2, -0.15) is 0 Å². The molecule has 0 amide bonds. The summed E-state index contributed by atoms with van der Waals surface area (Å²) >= 11 is 0. The van der Waals surface area contributed by atoms with Crippen LogP contribution in [0.15, 0.2) is 18.2 Å². The molecule has 2 atom stereocenters. The highest BCUT2D eigenvalue weighted by Crippen LogP contribution is 2.26. The fourth-order valence-corrected chi connectivity index (χ4v) is 2.96. The Hall–Kier alpha value is -1.62. The van der Waals surface area contributed by atoms with Gasteiger partial charge in [0.15, 0.2) is 0 Å². The Bertz CT molecular complexity index is 490. The molecule has 1 fully saturated rings. The number of nitrogens with zero attached hydrogens (tertiary/aromatic N) is 1. The van der Waals surface area contributed by atoms with E-state index in [-0.39, 0.29) is 10.6 Å². The fraction of sp³-hybridized carbons (Fsp3) is 0.625. The summed E-state index contributed by atoms with van der Waals surface area (Å²) in [5.74, 6) is 1.51. The molecule has 0 aliphatic heterocycles. The summed E-state index contributed by atoms with van der Waals surface area (Å²) in [6.07, 6.45) is 6.17. The fourth-order valence-electron chi connectivity index (χ4n) is 2.96. The lowest BCUT2D eigenvalue weighted by Crippen LogP contribution is -2.28. The van der Waals surface area contributed by atoms with Gasteiger partial charge >= 0.3 is 0 Å². The maximum atomic E-state index is 10.9. The quantitative estimate of drug-likeness (QED) is 0.511. The van der Waals surface area contributed by atoms with Gasteiger partial charge in [0.1, 0.15) is 5.75 Å². The van der Waals surface area contributed by atoms with Crippen LogP contribution >= 0.6 is 0 Å². The molecular formula is C16H24N2O3. The van der Waals surface area contributed by atoms with E-state index >= 15 is 0 Å². The molecule has 1 aliphatic rings. The van der Waals surface area contributed by atoms with Crippen molar-refractivity contribution in [1.82, 2.24) is 5.32 Å². The van der Waals surface area contributed by atoms with E-state index in [9.17, 15) is 10.1 Å². The van der Waals surface area contributed by atoms with E-state index in [2.05, 4.69) is 12.2 Å². The number of nitro benzene ring substituents is 1. The van der Waals surface area contributed by atoms with E-state index in [0.29, 0.717) is 18.3 Å². The van der Waals surface area contributed by atoms with Crippen molar-refractivity contribution in [2.75, 3.05) is 7.11 Å². The van der Waals surface area contributed by atoms with Crippen LogP contribution in [0.3, 0.4) is 0 Å². The number of nitro groups is 1. The first-order valence-electron chi connectivity index (χ1n) is 7.65. The lowest BCUT2D eigenvalue weighted by atomic mass is 10.0. The third kappa shape index (κ3) is 4.43. The zero-order valence-electron chi connectivity index (χ0n) is 12.8. The maximum Gasteiger partial charge on any atom is 0.270 e. The first-order valence-corrected chi connectivity index (χ1v) is 7.65. The number of ether oxygens (including phenoxy) is 1. The minimum Gasteiger partial charge on any atom is -0.496 e. The molecule has 5 heteroatoms. The molecule has 5 nitrogen and oxygen atoms in total. The Morgan fingerprint density at radius 1 is 1.33 bits per heavy atom. The van der Waals surface area contributed by atoms with Crippen molar-refractivity contribution in [2.45, 2.75) is 51.6 Å². The molecule has 0 spiro atoms. The van der Waals surface area contributed by atoms with Crippen molar-refractivity contribution in [3.05, 3.63) is 33.9 Å². The zero-order valence-corrected chi connectivity index (χ0v) is 12.8. The van der Waals surface area contributed by atoms with Crippen molar-refractivity contribution in [3.63, 3.8) is 0 Å². The van der Waals surface area contributed by atoms with Gasteiger partial charge in [-0.25, -0.2) is 0 Å². The van der Waals surface area contributed by atoms with Crippen LogP contribution in [0.4, 0.5) is 5.69 Å². The van der Waals surface area contributed by atoms with Gasteiger partial charge in [-0.05, 0) is 31.2 Å². The van der Waals surface area contributed by atoms with Crippen LogP contribution in [0.25, 0.3) is 0 Å². The van der Waals surface area contributed by atoms with E-state index in [1.165, 1.54) is 38.2 Å². The van der Waals surface area contributed by atoms with Crippen LogP contribution in [0.1, 0.15) is 44.6 Å². The summed E-state index contributed by atoms with van der Waals surface area (Å²) in [6, 6.07) is 5.25. The number of hydrogen-bond acceptors (Lipinski definition) is 4. The molecule has 0 radical (unpaired) electrons. The van der Waals surface area contributed by atoms with Crippen LogP contribution < -0.4 is 10.1 Å². The van der Waals surface area contributed by atoms with Crippen LogP contribution in [-0.4, -0.2) is 18.1 Å². The second kappa shape index (κ2) is 7.41. The standard InChI is InChI=1S/C16H24N2O3/c1-12-4-3-5-14(7-6-12)17-11-13-10-15(18(19)20)8-9-16(13)21-2/h8-10,12,14,17H,3-7,11H2,1-2H3. The lowest BCUT2D eigenvalue weighted by molar-refractivity contribution is -0.384. The Labute approximate surface area is 125 Å². The summed E-state index contributed by atoms with van der Waals surface area (Å²) < 4.78 is 5.30. The molecule has 21 heavy (non-hydrogen) atoms. The molecular weight excluding hydrogens is 268 g/mol. The van der Waals surface area contributed by atoms with Gasteiger partial charge in [-0.15, -0.1) is 0 Å². The van der Waals surface area contributed by atoms with E-state index in [0.717, 1.165) is 11.5 Å². The average molecular weight is 292 g/mol. The molecule has 1 saturated carbocycles. The van der Waals surface area contributed by atoms with Gasteiger partial charge < -0.3 is 10.1 Å². The molecule has 0 bridgehead atoms. The van der Waals surface area contributed by atoms with Gasteiger partial charge in [-0.3, -0.25) is 10.1 Å². The highest BCUT2D eigenvalue weighted by atomic mass is 16.6. The minimum absolute atomic E-state index is 0.113. The van der Waals surface area contributed by atoms with Crippen LogP contribution in [0, 0.1) is 16.0 Å². The molecule has 2 rings (SSSR count). The molecule has 116 valence electrons. The highest BCUT2D eigenvalue weighted by molar-refractivity contribution is 5.43. The number of rotatable bonds is 5. The lowest BCUT2D eigenvalue weighted by Gasteiger charge is -2.17. The van der Waals surface area contributed by atoms with Crippen LogP contribution in [0.2, 0.25) is 0 Å². The van der Waals surface area contributed by atoms with Gasteiger partial charge in [0.25, 0.3) is 5.69 Å². The number of hydrogen-bond donors (Lipinski definition) is 1. The van der Waals surface area contributed by atoms with E-state index in [1.807, 2.05) is 0 Å². The van der Waals surface area contributed by atoms with Gasteiger partial charge in [0.05, 0.1) is 12.0 Å². The Morgan fingerprint density at radius 3 is 2.86 bits per heavy atom. The van der Waals surface area contributed by atoms with Crippen molar-refractivity contribution in [1.29, 1.82) is 0 Å². The van der Waals surface area contributed by atoms with Crippen molar-refractivity contribution in [2.24, 2.45) is 5.92 Å². The second-order valence-corrected chi connectivity index (χ2v) is 5.94. The predicted octanol–water partition coefficient (Wildman–Crippen LogP) is 3.66. The molecule has 1 aromatic carbocycles. The number of nitrogens with one attached hydrogen (secondary N) is 1. The smallest absolute Gasteiger partial charge is 0.270 e. The van der Waals surface area contributed by atoms with Crippen molar-refractivity contribution < 1.29 is 9.66 Å². The second-order valence-electron chi connectivity index (χ2n) is 5.94. The van der Waals surface area contributed by atoms with Gasteiger partial charge in [0.2, 0.25) is 0 Å². The average Bonchev–Trinajstić information content (AvgIpc) is 2.69. The summed E-state index contributed by atoms with van der Waals surface area (Å²) in [7, 11) is 1.60. The third-order valence-corrected chi connectivity index (χ3v) is 4.31. The van der Waals surface area contributed by atoms with E-state index in [1.54, 1.807) is 19.2 Å².